The summed E-state index contributed by atoms with van der Waals surface area (Å²) in [6.45, 7) is 5.50. The standard InChI is InChI=1S/C17H20N2O2S2/c1-11-6-12(2)8-13(7-11)18-9-15-16(20)19(17(22)23-15)10-14-4-3-5-21-14/h6-9,14,20H,3-5,10H2,1-2H3/t14-/m0/s1. The monoisotopic (exact) mass is 348 g/mol. The van der Waals surface area contributed by atoms with Gasteiger partial charge in [-0.1, -0.05) is 17.4 Å². The van der Waals surface area contributed by atoms with Crippen LogP contribution in [-0.4, -0.2) is 28.6 Å². The third-order valence-corrected chi connectivity index (χ3v) is 5.21. The van der Waals surface area contributed by atoms with E-state index < -0.39 is 0 Å². The minimum atomic E-state index is 0.145. The number of aromatic hydroxyl groups is 1. The van der Waals surface area contributed by atoms with Gasteiger partial charge >= 0.3 is 0 Å². The predicted molar refractivity (Wildman–Crippen MR) is 97.0 cm³/mol. The van der Waals surface area contributed by atoms with Gasteiger partial charge in [0, 0.05) is 6.61 Å². The van der Waals surface area contributed by atoms with Crippen LogP contribution < -0.4 is 0 Å². The second kappa shape index (κ2) is 6.95. The highest BCUT2D eigenvalue weighted by Crippen LogP contribution is 2.27. The summed E-state index contributed by atoms with van der Waals surface area (Å²) in [5, 5.41) is 10.4. The molecule has 0 bridgehead atoms. The lowest BCUT2D eigenvalue weighted by atomic mass is 10.1. The van der Waals surface area contributed by atoms with Crippen molar-refractivity contribution >= 4 is 35.5 Å². The van der Waals surface area contributed by atoms with E-state index >= 15 is 0 Å². The van der Waals surface area contributed by atoms with Crippen LogP contribution in [0.5, 0.6) is 5.88 Å². The third kappa shape index (κ3) is 3.88. The first-order valence-corrected chi connectivity index (χ1v) is 8.92. The lowest BCUT2D eigenvalue weighted by Gasteiger charge is -2.10. The van der Waals surface area contributed by atoms with Crippen molar-refractivity contribution < 1.29 is 9.84 Å². The molecule has 1 N–H and O–H groups in total. The van der Waals surface area contributed by atoms with Gasteiger partial charge in [0.15, 0.2) is 3.95 Å². The van der Waals surface area contributed by atoms with Gasteiger partial charge in [-0.15, -0.1) is 0 Å². The van der Waals surface area contributed by atoms with Crippen molar-refractivity contribution in [3.63, 3.8) is 0 Å². The van der Waals surface area contributed by atoms with E-state index in [9.17, 15) is 5.11 Å². The molecule has 0 unspecified atom stereocenters. The van der Waals surface area contributed by atoms with Gasteiger partial charge < -0.3 is 9.84 Å². The first-order chi connectivity index (χ1) is 11.0. The van der Waals surface area contributed by atoms with E-state index in [4.69, 9.17) is 17.0 Å². The number of nitrogens with zero attached hydrogens (tertiary/aromatic N) is 2. The van der Waals surface area contributed by atoms with Gasteiger partial charge in [-0.3, -0.25) is 9.56 Å². The van der Waals surface area contributed by atoms with Gasteiger partial charge in [-0.05, 0) is 62.2 Å². The Kier molecular flexibility index (Phi) is 4.94. The molecule has 0 saturated carbocycles. The van der Waals surface area contributed by atoms with Crippen LogP contribution in [0.4, 0.5) is 5.69 Å². The second-order valence-corrected chi connectivity index (χ2v) is 7.58. The molecule has 2 heterocycles. The lowest BCUT2D eigenvalue weighted by molar-refractivity contribution is 0.0948. The van der Waals surface area contributed by atoms with Crippen molar-refractivity contribution in [2.24, 2.45) is 4.99 Å². The van der Waals surface area contributed by atoms with Crippen molar-refractivity contribution in [2.45, 2.75) is 39.3 Å². The smallest absolute Gasteiger partial charge is 0.212 e. The minimum absolute atomic E-state index is 0.145. The van der Waals surface area contributed by atoms with Crippen LogP contribution in [0.1, 0.15) is 28.8 Å². The Hall–Kier alpha value is -1.50. The number of aryl methyl sites for hydroxylation is 2. The number of thiazole rings is 1. The van der Waals surface area contributed by atoms with Crippen LogP contribution in [0.3, 0.4) is 0 Å². The zero-order valence-electron chi connectivity index (χ0n) is 13.3. The zero-order chi connectivity index (χ0) is 16.4. The number of rotatable bonds is 4. The van der Waals surface area contributed by atoms with Crippen molar-refractivity contribution in [1.82, 2.24) is 4.57 Å². The SMILES string of the molecule is Cc1cc(C)cc(N=Cc2sc(=S)n(C[C@@H]3CCCO3)c2O)c1. The summed E-state index contributed by atoms with van der Waals surface area (Å²) in [6, 6.07) is 6.14. The van der Waals surface area contributed by atoms with Crippen LogP contribution >= 0.6 is 23.6 Å². The molecular weight excluding hydrogens is 328 g/mol. The molecule has 3 rings (SSSR count). The highest BCUT2D eigenvalue weighted by molar-refractivity contribution is 7.73. The molecule has 1 saturated heterocycles. The summed E-state index contributed by atoms with van der Waals surface area (Å²) in [4.78, 5) is 5.17. The van der Waals surface area contributed by atoms with E-state index in [1.165, 1.54) is 22.5 Å². The molecular formula is C17H20N2O2S2. The Labute approximate surface area is 145 Å². The normalized spacial score (nSPS) is 18.1. The molecule has 1 aromatic carbocycles. The van der Waals surface area contributed by atoms with Gasteiger partial charge in [-0.2, -0.15) is 0 Å². The lowest BCUT2D eigenvalue weighted by Crippen LogP contribution is -2.14. The van der Waals surface area contributed by atoms with Crippen molar-refractivity contribution in [2.75, 3.05) is 6.61 Å². The van der Waals surface area contributed by atoms with Gasteiger partial charge in [0.2, 0.25) is 5.88 Å². The molecule has 1 aliphatic heterocycles. The highest BCUT2D eigenvalue weighted by atomic mass is 32.1. The molecule has 1 atom stereocenters. The summed E-state index contributed by atoms with van der Waals surface area (Å²) in [6.07, 6.45) is 3.93. The maximum atomic E-state index is 10.4. The first-order valence-electron chi connectivity index (χ1n) is 7.69. The van der Waals surface area contributed by atoms with E-state index in [-0.39, 0.29) is 12.0 Å². The number of aliphatic imine (C=N–C) groups is 1. The molecule has 122 valence electrons. The highest BCUT2D eigenvalue weighted by Gasteiger charge is 2.19. The minimum Gasteiger partial charge on any atom is -0.493 e. The van der Waals surface area contributed by atoms with Crippen LogP contribution in [0.2, 0.25) is 0 Å². The first kappa shape index (κ1) is 16.4. The molecule has 6 heteroatoms. The number of aromatic nitrogens is 1. The van der Waals surface area contributed by atoms with Crippen LogP contribution in [0.15, 0.2) is 23.2 Å². The molecule has 1 aromatic heterocycles. The molecule has 0 amide bonds. The third-order valence-electron chi connectivity index (χ3n) is 3.84. The fourth-order valence-electron chi connectivity index (χ4n) is 2.81. The van der Waals surface area contributed by atoms with Crippen LogP contribution in [0, 0.1) is 17.8 Å². The summed E-state index contributed by atoms with van der Waals surface area (Å²) in [7, 11) is 0. The Morgan fingerprint density at radius 1 is 1.39 bits per heavy atom. The quantitative estimate of drug-likeness (QED) is 0.652. The Bertz CT molecular complexity index is 766. The fraction of sp³-hybridized carbons (Fsp3) is 0.412. The maximum absolute atomic E-state index is 10.4. The van der Waals surface area contributed by atoms with E-state index in [0.717, 1.165) is 25.1 Å². The Morgan fingerprint density at radius 3 is 2.78 bits per heavy atom. The Morgan fingerprint density at radius 2 is 2.13 bits per heavy atom. The van der Waals surface area contributed by atoms with E-state index in [2.05, 4.69) is 11.1 Å². The molecule has 2 aromatic rings. The molecule has 4 nitrogen and oxygen atoms in total. The summed E-state index contributed by atoms with van der Waals surface area (Å²) in [5.74, 6) is 0.184. The molecule has 0 aliphatic carbocycles. The van der Waals surface area contributed by atoms with Gasteiger partial charge in [0.25, 0.3) is 0 Å². The van der Waals surface area contributed by atoms with Crippen molar-refractivity contribution in [3.8, 4) is 5.88 Å². The summed E-state index contributed by atoms with van der Waals surface area (Å²) in [5.41, 5.74) is 3.22. The molecule has 0 radical (unpaired) electrons. The summed E-state index contributed by atoms with van der Waals surface area (Å²) >= 11 is 6.75. The summed E-state index contributed by atoms with van der Waals surface area (Å²) < 4.78 is 8.03. The zero-order valence-corrected chi connectivity index (χ0v) is 14.9. The van der Waals surface area contributed by atoms with Crippen LogP contribution in [-0.2, 0) is 11.3 Å². The Balaban J connectivity index is 1.82. The maximum Gasteiger partial charge on any atom is 0.212 e. The number of ether oxygens (including phenoxy) is 1. The molecule has 1 fully saturated rings. The van der Waals surface area contributed by atoms with E-state index in [1.54, 1.807) is 10.8 Å². The molecule has 0 spiro atoms. The largest absolute Gasteiger partial charge is 0.493 e. The number of benzene rings is 1. The van der Waals surface area contributed by atoms with Crippen molar-refractivity contribution in [1.29, 1.82) is 0 Å². The van der Waals surface area contributed by atoms with Gasteiger partial charge in [0.05, 0.1) is 24.6 Å². The number of hydrogen-bond acceptors (Lipinski definition) is 5. The average Bonchev–Trinajstić information content (AvgIpc) is 3.08. The van der Waals surface area contributed by atoms with E-state index in [1.807, 2.05) is 26.0 Å². The van der Waals surface area contributed by atoms with E-state index in [0.29, 0.717) is 15.4 Å². The van der Waals surface area contributed by atoms with Crippen LogP contribution in [0.25, 0.3) is 0 Å². The molecule has 23 heavy (non-hydrogen) atoms. The number of hydrogen-bond donors (Lipinski definition) is 1. The molecule has 1 aliphatic rings. The second-order valence-electron chi connectivity index (χ2n) is 5.91. The average molecular weight is 348 g/mol. The van der Waals surface area contributed by atoms with Crippen molar-refractivity contribution in [3.05, 3.63) is 38.2 Å². The van der Waals surface area contributed by atoms with Gasteiger partial charge in [0.1, 0.15) is 4.88 Å². The fourth-order valence-corrected chi connectivity index (χ4v) is 4.01. The van der Waals surface area contributed by atoms with Gasteiger partial charge in [-0.25, -0.2) is 0 Å². The predicted octanol–water partition coefficient (Wildman–Crippen LogP) is 4.53. The topological polar surface area (TPSA) is 46.8 Å².